The summed E-state index contributed by atoms with van der Waals surface area (Å²) in [6.45, 7) is 2.34. The average molecular weight is 441 g/mol. The maximum atomic E-state index is 12.9. The minimum atomic E-state index is -0.935. The summed E-state index contributed by atoms with van der Waals surface area (Å²) < 4.78 is 6.09. The number of halogens is 4. The molecule has 5 rings (SSSR count). The van der Waals surface area contributed by atoms with Crippen molar-refractivity contribution in [3.63, 3.8) is 0 Å². The summed E-state index contributed by atoms with van der Waals surface area (Å²) in [7, 11) is 0. The van der Waals surface area contributed by atoms with Gasteiger partial charge in [0.1, 0.15) is 0 Å². The molecule has 142 valence electrons. The molecule has 0 radical (unpaired) electrons. The molecule has 9 heteroatoms. The van der Waals surface area contributed by atoms with E-state index in [1.165, 1.54) is 0 Å². The number of hydrogen-bond donors (Lipinski definition) is 0. The third-order valence-electron chi connectivity index (χ3n) is 6.69. The van der Waals surface area contributed by atoms with Crippen LogP contribution in [0.25, 0.3) is 0 Å². The Morgan fingerprint density at radius 3 is 2.04 bits per heavy atom. The molecule has 5 aliphatic rings. The molecule has 8 atom stereocenters. The van der Waals surface area contributed by atoms with E-state index < -0.39 is 33.8 Å². The van der Waals surface area contributed by atoms with Crippen LogP contribution >= 0.6 is 46.4 Å². The molecule has 0 spiro atoms. The van der Waals surface area contributed by atoms with Crippen molar-refractivity contribution in [2.24, 2.45) is 23.7 Å². The predicted octanol–water partition coefficient (Wildman–Crippen LogP) is 3.39. The lowest BCUT2D eigenvalue weighted by molar-refractivity contribution is -0.192. The molecule has 1 saturated carbocycles. The molecule has 2 aliphatic carbocycles. The Bertz CT molecular complexity index is 705. The van der Waals surface area contributed by atoms with E-state index in [-0.39, 0.29) is 23.7 Å². The fraction of sp³-hybridized carbons (Fsp3) is 0.765. The monoisotopic (exact) mass is 439 g/mol. The van der Waals surface area contributed by atoms with Crippen LogP contribution in [0, 0.1) is 23.7 Å². The first-order valence-corrected chi connectivity index (χ1v) is 10.4. The number of carbonyl (C=O) groups is 2. The lowest BCUT2D eigenvalue weighted by atomic mass is 9.65. The molecular weight excluding hydrogens is 424 g/mol. The quantitative estimate of drug-likeness (QED) is 0.382. The van der Waals surface area contributed by atoms with Gasteiger partial charge in [-0.1, -0.05) is 36.5 Å². The number of rotatable bonds is 4. The highest BCUT2D eigenvalue weighted by molar-refractivity contribution is 6.51. The molecule has 0 N–H and O–H groups in total. The number of nitrogens with zero attached hydrogens (tertiary/aromatic N) is 1. The van der Waals surface area contributed by atoms with Gasteiger partial charge in [0, 0.05) is 11.8 Å². The zero-order valence-corrected chi connectivity index (χ0v) is 16.9. The third-order valence-corrected chi connectivity index (χ3v) is 9.18. The summed E-state index contributed by atoms with van der Waals surface area (Å²) in [4.78, 5) is 29.3. The van der Waals surface area contributed by atoms with E-state index in [2.05, 4.69) is 0 Å². The van der Waals surface area contributed by atoms with Crippen LogP contribution in [0.2, 0.25) is 0 Å². The number of fused-ring (bicyclic) bond motifs is 12. The van der Waals surface area contributed by atoms with E-state index in [1.807, 2.05) is 6.92 Å². The smallest absolute Gasteiger partial charge is 0.260 e. The van der Waals surface area contributed by atoms with Crippen LogP contribution in [-0.2, 0) is 19.2 Å². The van der Waals surface area contributed by atoms with Crippen LogP contribution in [0.5, 0.6) is 0 Å². The highest BCUT2D eigenvalue weighted by atomic mass is 35.5. The van der Waals surface area contributed by atoms with E-state index in [1.54, 1.807) is 0 Å². The van der Waals surface area contributed by atoms with Gasteiger partial charge in [-0.05, 0) is 12.8 Å². The minimum Gasteiger partial charge on any atom is -0.373 e. The van der Waals surface area contributed by atoms with E-state index in [0.29, 0.717) is 23.1 Å². The minimum absolute atomic E-state index is 0.241. The van der Waals surface area contributed by atoms with Crippen molar-refractivity contribution in [3.05, 3.63) is 10.1 Å². The van der Waals surface area contributed by atoms with Crippen LogP contribution in [0.1, 0.15) is 26.2 Å². The molecule has 0 aromatic heterocycles. The van der Waals surface area contributed by atoms with Crippen molar-refractivity contribution in [2.75, 3.05) is 6.61 Å². The van der Waals surface area contributed by atoms with Gasteiger partial charge in [-0.25, -0.2) is 0 Å². The van der Waals surface area contributed by atoms with E-state index in [4.69, 9.17) is 56.0 Å². The van der Waals surface area contributed by atoms with Gasteiger partial charge in [0.2, 0.25) is 0 Å². The van der Waals surface area contributed by atoms with E-state index >= 15 is 0 Å². The highest BCUT2D eigenvalue weighted by Gasteiger charge is 2.82. The molecule has 0 unspecified atom stereocenters. The normalized spacial score (nSPS) is 51.0. The number of unbranched alkanes of at least 4 members (excludes halogenated alkanes) is 1. The SMILES string of the molecule is CCCCON1C(=O)[C@H]2[C@H]3O[C@H]([C@@H]2C1=O)[C@@H]1[C@@H]3[C@]2(Cl)C[C@]1(Cl)C(Cl)=C2Cl. The number of imide groups is 1. The molecule has 0 aromatic carbocycles. The second kappa shape index (κ2) is 5.52. The average Bonchev–Trinajstić information content (AvgIpc) is 3.32. The Hall–Kier alpha value is -0.0400. The molecule has 5 nitrogen and oxygen atoms in total. The number of carbonyl (C=O) groups excluding carboxylic acids is 2. The zero-order valence-electron chi connectivity index (χ0n) is 13.9. The van der Waals surface area contributed by atoms with E-state index in [9.17, 15) is 9.59 Å². The number of hydroxylamine groups is 2. The van der Waals surface area contributed by atoms with Gasteiger partial charge >= 0.3 is 0 Å². The second-order valence-corrected chi connectivity index (χ2v) is 9.96. The largest absolute Gasteiger partial charge is 0.373 e. The number of ether oxygens (including phenoxy) is 1. The molecule has 3 aliphatic heterocycles. The first kappa shape index (κ1) is 18.0. The summed E-state index contributed by atoms with van der Waals surface area (Å²) in [5.41, 5.74) is 0. The summed E-state index contributed by atoms with van der Waals surface area (Å²) in [6, 6.07) is 0. The fourth-order valence-electron chi connectivity index (χ4n) is 5.69. The third kappa shape index (κ3) is 1.84. The van der Waals surface area contributed by atoms with Gasteiger partial charge in [0.05, 0.1) is 50.5 Å². The van der Waals surface area contributed by atoms with Crippen LogP contribution < -0.4 is 0 Å². The van der Waals surface area contributed by atoms with Crippen molar-refractivity contribution >= 4 is 58.2 Å². The van der Waals surface area contributed by atoms with Crippen LogP contribution in [0.15, 0.2) is 10.1 Å². The number of alkyl halides is 2. The van der Waals surface area contributed by atoms with Crippen molar-refractivity contribution in [3.8, 4) is 0 Å². The Kier molecular flexibility index (Phi) is 3.82. The standard InChI is InChI=1S/C17H17Cl4NO4/c1-2-3-4-25-22-14(23)6-7(15(22)24)11-9-8(10(6)26-11)16(20)5-17(9,21)13(19)12(16)18/h6-11H,2-5H2,1H3/t6-,7-,8+,9+,10-,11-,16-,17-/m1/s1. The molecule has 3 saturated heterocycles. The Morgan fingerprint density at radius 1 is 1.08 bits per heavy atom. The number of allylic oxidation sites excluding steroid dienone is 2. The number of hydrogen-bond acceptors (Lipinski definition) is 4. The summed E-state index contributed by atoms with van der Waals surface area (Å²) in [5.74, 6) is -2.35. The molecular formula is C17H17Cl4NO4. The topological polar surface area (TPSA) is 55.8 Å². The Labute approximate surface area is 170 Å². The number of amides is 2. The fourth-order valence-corrected chi connectivity index (χ4v) is 7.71. The summed E-state index contributed by atoms with van der Waals surface area (Å²) in [5, 5.41) is 1.62. The van der Waals surface area contributed by atoms with Gasteiger partial charge in [0.25, 0.3) is 11.8 Å². The molecule has 2 amide bonds. The lowest BCUT2D eigenvalue weighted by Crippen LogP contribution is -2.50. The first-order chi connectivity index (χ1) is 12.3. The van der Waals surface area contributed by atoms with E-state index in [0.717, 1.165) is 17.9 Å². The van der Waals surface area contributed by atoms with Crippen molar-refractivity contribution < 1.29 is 19.2 Å². The summed E-state index contributed by atoms with van der Waals surface area (Å²) >= 11 is 26.5. The Balaban J connectivity index is 1.50. The maximum Gasteiger partial charge on any atom is 0.260 e. The molecule has 0 aromatic rings. The molecule has 4 fully saturated rings. The van der Waals surface area contributed by atoms with Crippen LogP contribution in [-0.4, -0.2) is 45.4 Å². The molecule has 4 bridgehead atoms. The zero-order chi connectivity index (χ0) is 18.6. The van der Waals surface area contributed by atoms with Crippen molar-refractivity contribution in [1.29, 1.82) is 0 Å². The van der Waals surface area contributed by atoms with Crippen LogP contribution in [0.3, 0.4) is 0 Å². The molecule has 3 heterocycles. The molecule has 26 heavy (non-hydrogen) atoms. The van der Waals surface area contributed by atoms with Gasteiger partial charge in [-0.3, -0.25) is 14.4 Å². The second-order valence-electron chi connectivity index (χ2n) is 7.86. The van der Waals surface area contributed by atoms with Gasteiger partial charge in [0.15, 0.2) is 0 Å². The van der Waals surface area contributed by atoms with Gasteiger partial charge in [-0.15, -0.1) is 23.2 Å². The lowest BCUT2D eigenvalue weighted by Gasteiger charge is -2.40. The maximum absolute atomic E-state index is 12.9. The van der Waals surface area contributed by atoms with Crippen molar-refractivity contribution in [2.45, 2.75) is 48.1 Å². The highest BCUT2D eigenvalue weighted by Crippen LogP contribution is 2.75. The van der Waals surface area contributed by atoms with Gasteiger partial charge < -0.3 is 4.74 Å². The predicted molar refractivity (Wildman–Crippen MR) is 95.9 cm³/mol. The van der Waals surface area contributed by atoms with Crippen LogP contribution in [0.4, 0.5) is 0 Å². The first-order valence-electron chi connectivity index (χ1n) is 8.87. The van der Waals surface area contributed by atoms with Crippen molar-refractivity contribution in [1.82, 2.24) is 5.06 Å². The Morgan fingerprint density at radius 2 is 1.58 bits per heavy atom. The van der Waals surface area contributed by atoms with Gasteiger partial charge in [-0.2, -0.15) is 5.06 Å². The summed E-state index contributed by atoms with van der Waals surface area (Å²) in [6.07, 6.45) is 1.08.